The minimum Gasteiger partial charge on any atom is -0.341 e. The van der Waals surface area contributed by atoms with Crippen LogP contribution < -0.4 is 21.1 Å². The van der Waals surface area contributed by atoms with E-state index in [0.717, 1.165) is 44.0 Å². The molecule has 116 valence electrons. The van der Waals surface area contributed by atoms with Gasteiger partial charge in [0.05, 0.1) is 0 Å². The molecule has 7 heteroatoms. The second kappa shape index (κ2) is 6.43. The summed E-state index contributed by atoms with van der Waals surface area (Å²) in [5, 5.41) is 0. The van der Waals surface area contributed by atoms with Crippen LogP contribution >= 0.6 is 0 Å². The Morgan fingerprint density at radius 1 is 1.05 bits per heavy atom. The number of hydrogen-bond donors (Lipinski definition) is 2. The third-order valence-electron chi connectivity index (χ3n) is 4.51. The fraction of sp³-hybridized carbons (Fsp3) is 0.786. The predicted octanol–water partition coefficient (Wildman–Crippen LogP) is 1.38. The number of aromatic nitrogens is 3. The molecule has 2 saturated heterocycles. The molecule has 0 saturated carbocycles. The van der Waals surface area contributed by atoms with Crippen LogP contribution in [-0.2, 0) is 0 Å². The molecule has 2 aliphatic heterocycles. The third-order valence-corrected chi connectivity index (χ3v) is 4.51. The van der Waals surface area contributed by atoms with E-state index in [4.69, 9.17) is 5.84 Å². The molecular weight excluding hydrogens is 266 g/mol. The van der Waals surface area contributed by atoms with Gasteiger partial charge in [-0.05, 0) is 31.6 Å². The standard InChI is InChI=1S/C14H25N7/c1-2-11-6-5-9-21(10-11)14-17-12(19-15)16-13(18-14)20-7-3-4-8-20/h11H,2-10,15H2,1H3,(H,16,17,18,19). The van der Waals surface area contributed by atoms with E-state index in [1.165, 1.54) is 32.1 Å². The summed E-state index contributed by atoms with van der Waals surface area (Å²) in [6, 6.07) is 0. The number of anilines is 3. The third kappa shape index (κ3) is 3.18. The lowest BCUT2D eigenvalue weighted by Gasteiger charge is -2.32. The Kier molecular flexibility index (Phi) is 4.38. The molecule has 0 aliphatic carbocycles. The molecule has 3 rings (SSSR count). The van der Waals surface area contributed by atoms with Gasteiger partial charge in [0.2, 0.25) is 17.8 Å². The van der Waals surface area contributed by atoms with E-state index in [0.29, 0.717) is 5.95 Å². The molecule has 0 amide bonds. The lowest BCUT2D eigenvalue weighted by molar-refractivity contribution is 0.401. The van der Waals surface area contributed by atoms with Crippen LogP contribution in [0, 0.1) is 5.92 Å². The first-order valence-electron chi connectivity index (χ1n) is 8.02. The van der Waals surface area contributed by atoms with Gasteiger partial charge in [-0.15, -0.1) is 0 Å². The van der Waals surface area contributed by atoms with Crippen LogP contribution in [0.25, 0.3) is 0 Å². The summed E-state index contributed by atoms with van der Waals surface area (Å²) in [6.07, 6.45) is 6.12. The van der Waals surface area contributed by atoms with Crippen molar-refractivity contribution in [1.29, 1.82) is 0 Å². The second-order valence-corrected chi connectivity index (χ2v) is 5.96. The monoisotopic (exact) mass is 291 g/mol. The number of nitrogen functional groups attached to an aromatic ring is 1. The quantitative estimate of drug-likeness (QED) is 0.640. The Hall–Kier alpha value is -1.63. The largest absolute Gasteiger partial charge is 0.341 e. The molecule has 2 aliphatic rings. The van der Waals surface area contributed by atoms with Crippen LogP contribution in [0.3, 0.4) is 0 Å². The molecule has 1 aromatic rings. The van der Waals surface area contributed by atoms with Crippen molar-refractivity contribution >= 4 is 17.8 Å². The zero-order chi connectivity index (χ0) is 14.7. The highest BCUT2D eigenvalue weighted by Gasteiger charge is 2.23. The van der Waals surface area contributed by atoms with Crippen LogP contribution in [0.15, 0.2) is 0 Å². The van der Waals surface area contributed by atoms with Gasteiger partial charge in [-0.1, -0.05) is 13.3 Å². The Morgan fingerprint density at radius 3 is 2.38 bits per heavy atom. The number of nitrogens with two attached hydrogens (primary N) is 1. The summed E-state index contributed by atoms with van der Waals surface area (Å²) in [6.45, 7) is 6.34. The normalized spacial score (nSPS) is 22.7. The van der Waals surface area contributed by atoms with Crippen LogP contribution in [-0.4, -0.2) is 41.1 Å². The van der Waals surface area contributed by atoms with Crippen LogP contribution in [0.4, 0.5) is 17.8 Å². The molecular formula is C14H25N7. The number of rotatable bonds is 4. The van der Waals surface area contributed by atoms with Crippen molar-refractivity contribution in [2.24, 2.45) is 11.8 Å². The summed E-state index contributed by atoms with van der Waals surface area (Å²) < 4.78 is 0. The molecule has 3 heterocycles. The van der Waals surface area contributed by atoms with E-state index < -0.39 is 0 Å². The fourth-order valence-corrected chi connectivity index (χ4v) is 3.20. The van der Waals surface area contributed by atoms with Gasteiger partial charge in [0, 0.05) is 26.2 Å². The summed E-state index contributed by atoms with van der Waals surface area (Å²) in [5.41, 5.74) is 2.58. The van der Waals surface area contributed by atoms with Gasteiger partial charge in [-0.2, -0.15) is 15.0 Å². The highest BCUT2D eigenvalue weighted by molar-refractivity contribution is 5.45. The van der Waals surface area contributed by atoms with Gasteiger partial charge in [0.25, 0.3) is 0 Å². The van der Waals surface area contributed by atoms with Gasteiger partial charge in [-0.25, -0.2) is 5.84 Å². The van der Waals surface area contributed by atoms with Gasteiger partial charge in [-0.3, -0.25) is 5.43 Å². The molecule has 1 aromatic heterocycles. The molecule has 0 spiro atoms. The van der Waals surface area contributed by atoms with Gasteiger partial charge in [0.15, 0.2) is 0 Å². The maximum atomic E-state index is 5.53. The molecule has 1 unspecified atom stereocenters. The van der Waals surface area contributed by atoms with E-state index >= 15 is 0 Å². The SMILES string of the molecule is CCC1CCCN(c2nc(NN)nc(N3CCCC3)n2)C1. The first kappa shape index (κ1) is 14.3. The first-order valence-corrected chi connectivity index (χ1v) is 8.02. The smallest absolute Gasteiger partial charge is 0.243 e. The second-order valence-electron chi connectivity index (χ2n) is 5.96. The number of nitrogens with zero attached hydrogens (tertiary/aromatic N) is 5. The highest BCUT2D eigenvalue weighted by atomic mass is 15.4. The molecule has 7 nitrogen and oxygen atoms in total. The Labute approximate surface area is 125 Å². The minimum absolute atomic E-state index is 0.459. The molecule has 0 aromatic carbocycles. The first-order chi connectivity index (χ1) is 10.3. The summed E-state index contributed by atoms with van der Waals surface area (Å²) in [5.74, 6) is 8.24. The summed E-state index contributed by atoms with van der Waals surface area (Å²) in [7, 11) is 0. The molecule has 21 heavy (non-hydrogen) atoms. The zero-order valence-electron chi connectivity index (χ0n) is 12.8. The number of hydrazine groups is 1. The summed E-state index contributed by atoms with van der Waals surface area (Å²) >= 11 is 0. The maximum absolute atomic E-state index is 5.53. The maximum Gasteiger partial charge on any atom is 0.243 e. The van der Waals surface area contributed by atoms with Crippen molar-refractivity contribution in [3.63, 3.8) is 0 Å². The Bertz CT molecular complexity index is 472. The van der Waals surface area contributed by atoms with Crippen LogP contribution in [0.1, 0.15) is 39.0 Å². The predicted molar refractivity (Wildman–Crippen MR) is 84.3 cm³/mol. The van der Waals surface area contributed by atoms with E-state index in [-0.39, 0.29) is 0 Å². The van der Waals surface area contributed by atoms with E-state index in [9.17, 15) is 0 Å². The van der Waals surface area contributed by atoms with Gasteiger partial charge in [0.1, 0.15) is 0 Å². The number of nitrogens with one attached hydrogen (secondary N) is 1. The van der Waals surface area contributed by atoms with Crippen molar-refractivity contribution in [2.45, 2.75) is 39.0 Å². The van der Waals surface area contributed by atoms with Crippen LogP contribution in [0.5, 0.6) is 0 Å². The van der Waals surface area contributed by atoms with E-state index in [1.807, 2.05) is 0 Å². The Morgan fingerprint density at radius 2 is 1.71 bits per heavy atom. The zero-order valence-corrected chi connectivity index (χ0v) is 12.8. The Balaban J connectivity index is 1.84. The lowest BCUT2D eigenvalue weighted by Crippen LogP contribution is -2.37. The average molecular weight is 291 g/mol. The van der Waals surface area contributed by atoms with E-state index in [2.05, 4.69) is 37.1 Å². The molecule has 0 radical (unpaired) electrons. The van der Waals surface area contributed by atoms with Crippen molar-refractivity contribution < 1.29 is 0 Å². The fourth-order valence-electron chi connectivity index (χ4n) is 3.20. The van der Waals surface area contributed by atoms with Crippen LogP contribution in [0.2, 0.25) is 0 Å². The van der Waals surface area contributed by atoms with Crippen molar-refractivity contribution in [2.75, 3.05) is 41.4 Å². The molecule has 0 bridgehead atoms. The topological polar surface area (TPSA) is 83.2 Å². The van der Waals surface area contributed by atoms with Gasteiger partial charge >= 0.3 is 0 Å². The minimum atomic E-state index is 0.459. The highest BCUT2D eigenvalue weighted by Crippen LogP contribution is 2.25. The molecule has 1 atom stereocenters. The van der Waals surface area contributed by atoms with Gasteiger partial charge < -0.3 is 9.80 Å². The van der Waals surface area contributed by atoms with Crippen molar-refractivity contribution in [3.8, 4) is 0 Å². The number of piperidine rings is 1. The summed E-state index contributed by atoms with van der Waals surface area (Å²) in [4.78, 5) is 18.0. The van der Waals surface area contributed by atoms with Crippen molar-refractivity contribution in [3.05, 3.63) is 0 Å². The number of hydrogen-bond acceptors (Lipinski definition) is 7. The van der Waals surface area contributed by atoms with Crippen molar-refractivity contribution in [1.82, 2.24) is 15.0 Å². The average Bonchev–Trinajstić information content (AvgIpc) is 3.09. The lowest BCUT2D eigenvalue weighted by atomic mass is 9.96. The van der Waals surface area contributed by atoms with E-state index in [1.54, 1.807) is 0 Å². The molecule has 2 fully saturated rings. The molecule has 3 N–H and O–H groups in total.